The summed E-state index contributed by atoms with van der Waals surface area (Å²) >= 11 is 0. The van der Waals surface area contributed by atoms with Crippen molar-refractivity contribution in [2.24, 2.45) is 0 Å². The molecule has 0 N–H and O–H groups in total. The van der Waals surface area contributed by atoms with Crippen LogP contribution in [0.5, 0.6) is 5.75 Å². The zero-order valence-electron chi connectivity index (χ0n) is 17.2. The van der Waals surface area contributed by atoms with Gasteiger partial charge in [-0.25, -0.2) is 9.07 Å². The Labute approximate surface area is 171 Å². The molecule has 0 saturated carbocycles. The first-order chi connectivity index (χ1) is 14.0. The normalized spacial score (nSPS) is 18.1. The summed E-state index contributed by atoms with van der Waals surface area (Å²) in [7, 11) is 3.82. The monoisotopic (exact) mass is 394 g/mol. The topological polar surface area (TPSA) is 33.5 Å². The molecule has 1 fully saturated rings. The Morgan fingerprint density at radius 1 is 1.14 bits per heavy atom. The average Bonchev–Trinajstić information content (AvgIpc) is 3.14. The molecule has 1 aromatic heterocycles. The van der Waals surface area contributed by atoms with Crippen molar-refractivity contribution in [3.8, 4) is 22.7 Å². The van der Waals surface area contributed by atoms with Gasteiger partial charge in [-0.05, 0) is 50.4 Å². The SMILES string of the molecule is COc1ccc(-n2cc(CN3CCN(C)[C@@H](C)C3)c(-c3cccc(F)c3)n2)cc1. The maximum atomic E-state index is 13.9. The lowest BCUT2D eigenvalue weighted by molar-refractivity contribution is 0.100. The molecule has 1 saturated heterocycles. The zero-order valence-corrected chi connectivity index (χ0v) is 17.2. The van der Waals surface area contributed by atoms with Gasteiger partial charge in [-0.2, -0.15) is 5.10 Å². The van der Waals surface area contributed by atoms with Gasteiger partial charge >= 0.3 is 0 Å². The number of rotatable bonds is 5. The molecule has 2 aromatic carbocycles. The Bertz CT molecular complexity index is 969. The van der Waals surface area contributed by atoms with Crippen molar-refractivity contribution in [3.63, 3.8) is 0 Å². The van der Waals surface area contributed by atoms with Crippen molar-refractivity contribution in [3.05, 3.63) is 66.1 Å². The average molecular weight is 394 g/mol. The van der Waals surface area contributed by atoms with Crippen LogP contribution in [0.1, 0.15) is 12.5 Å². The zero-order chi connectivity index (χ0) is 20.4. The number of benzene rings is 2. The van der Waals surface area contributed by atoms with E-state index in [0.29, 0.717) is 6.04 Å². The molecule has 0 bridgehead atoms. The van der Waals surface area contributed by atoms with Crippen LogP contribution in [0, 0.1) is 5.82 Å². The number of nitrogens with zero attached hydrogens (tertiary/aromatic N) is 4. The third-order valence-corrected chi connectivity index (χ3v) is 5.66. The second-order valence-corrected chi connectivity index (χ2v) is 7.72. The molecular weight excluding hydrogens is 367 g/mol. The minimum absolute atomic E-state index is 0.249. The van der Waals surface area contributed by atoms with Gasteiger partial charge in [-0.1, -0.05) is 12.1 Å². The van der Waals surface area contributed by atoms with Gasteiger partial charge in [0.15, 0.2) is 0 Å². The van der Waals surface area contributed by atoms with Crippen molar-refractivity contribution < 1.29 is 9.13 Å². The fraction of sp³-hybridized carbons (Fsp3) is 0.348. The van der Waals surface area contributed by atoms with E-state index < -0.39 is 0 Å². The van der Waals surface area contributed by atoms with Gasteiger partial charge in [0, 0.05) is 49.5 Å². The maximum absolute atomic E-state index is 13.9. The molecule has 0 spiro atoms. The fourth-order valence-corrected chi connectivity index (χ4v) is 3.78. The van der Waals surface area contributed by atoms with Gasteiger partial charge in [0.2, 0.25) is 0 Å². The van der Waals surface area contributed by atoms with E-state index in [2.05, 4.69) is 30.0 Å². The van der Waals surface area contributed by atoms with Crippen LogP contribution in [0.2, 0.25) is 0 Å². The third kappa shape index (κ3) is 4.33. The number of halogens is 1. The molecule has 0 radical (unpaired) electrons. The highest BCUT2D eigenvalue weighted by Crippen LogP contribution is 2.27. The summed E-state index contributed by atoms with van der Waals surface area (Å²) in [5.41, 5.74) is 3.67. The van der Waals surface area contributed by atoms with E-state index in [-0.39, 0.29) is 5.82 Å². The van der Waals surface area contributed by atoms with Gasteiger partial charge < -0.3 is 9.64 Å². The van der Waals surface area contributed by atoms with Gasteiger partial charge in [-0.3, -0.25) is 4.90 Å². The van der Waals surface area contributed by atoms with Crippen LogP contribution in [0.25, 0.3) is 16.9 Å². The largest absolute Gasteiger partial charge is 0.497 e. The summed E-state index contributed by atoms with van der Waals surface area (Å²) in [5, 5.41) is 4.82. The molecule has 2 heterocycles. The Kier molecular flexibility index (Phi) is 5.65. The molecule has 1 aliphatic heterocycles. The van der Waals surface area contributed by atoms with E-state index in [1.54, 1.807) is 19.2 Å². The Balaban J connectivity index is 1.68. The molecule has 3 aromatic rings. The Morgan fingerprint density at radius 3 is 2.62 bits per heavy atom. The van der Waals surface area contributed by atoms with E-state index in [9.17, 15) is 4.39 Å². The molecule has 5 nitrogen and oxygen atoms in total. The standard InChI is InChI=1S/C23H27FN4O/c1-17-14-27(12-11-26(17)2)15-19-16-28(21-7-9-22(29-3)10-8-21)25-23(19)18-5-4-6-20(24)13-18/h4-10,13,16-17H,11-12,14-15H2,1-3H3/t17-/m0/s1. The van der Waals surface area contributed by atoms with Crippen LogP contribution in [0.15, 0.2) is 54.7 Å². The number of ether oxygens (including phenoxy) is 1. The van der Waals surface area contributed by atoms with Gasteiger partial charge in [0.05, 0.1) is 18.5 Å². The van der Waals surface area contributed by atoms with Gasteiger partial charge in [0.1, 0.15) is 11.6 Å². The second kappa shape index (κ2) is 8.35. The minimum Gasteiger partial charge on any atom is -0.497 e. The lowest BCUT2D eigenvalue weighted by Gasteiger charge is -2.37. The highest BCUT2D eigenvalue weighted by molar-refractivity contribution is 5.63. The summed E-state index contributed by atoms with van der Waals surface area (Å²) in [6, 6.07) is 15.0. The summed E-state index contributed by atoms with van der Waals surface area (Å²) in [4.78, 5) is 4.83. The summed E-state index contributed by atoms with van der Waals surface area (Å²) in [6.45, 7) is 6.10. The van der Waals surface area contributed by atoms with Crippen molar-refractivity contribution in [1.29, 1.82) is 0 Å². The van der Waals surface area contributed by atoms with E-state index in [1.165, 1.54) is 6.07 Å². The molecule has 1 atom stereocenters. The molecule has 4 rings (SSSR count). The Hall–Kier alpha value is -2.70. The van der Waals surface area contributed by atoms with Crippen molar-refractivity contribution in [2.45, 2.75) is 19.5 Å². The van der Waals surface area contributed by atoms with Crippen LogP contribution >= 0.6 is 0 Å². The van der Waals surface area contributed by atoms with Crippen LogP contribution in [0.3, 0.4) is 0 Å². The third-order valence-electron chi connectivity index (χ3n) is 5.66. The quantitative estimate of drug-likeness (QED) is 0.659. The number of aromatic nitrogens is 2. The molecular formula is C23H27FN4O. The fourth-order valence-electron chi connectivity index (χ4n) is 3.78. The number of methoxy groups -OCH3 is 1. The minimum atomic E-state index is -0.249. The number of hydrogen-bond acceptors (Lipinski definition) is 4. The van der Waals surface area contributed by atoms with E-state index >= 15 is 0 Å². The first-order valence-electron chi connectivity index (χ1n) is 9.95. The smallest absolute Gasteiger partial charge is 0.123 e. The number of piperazine rings is 1. The van der Waals surface area contributed by atoms with E-state index in [0.717, 1.165) is 54.4 Å². The van der Waals surface area contributed by atoms with Gasteiger partial charge in [-0.15, -0.1) is 0 Å². The maximum Gasteiger partial charge on any atom is 0.123 e. The number of hydrogen-bond donors (Lipinski definition) is 0. The predicted octanol–water partition coefficient (Wildman–Crippen LogP) is 3.82. The predicted molar refractivity (Wildman–Crippen MR) is 113 cm³/mol. The molecule has 0 unspecified atom stereocenters. The van der Waals surface area contributed by atoms with Crippen LogP contribution < -0.4 is 4.74 Å². The highest BCUT2D eigenvalue weighted by atomic mass is 19.1. The first kappa shape index (κ1) is 19.6. The number of likely N-dealkylation sites (N-methyl/N-ethyl adjacent to an activating group) is 1. The van der Waals surface area contributed by atoms with Crippen LogP contribution in [-0.4, -0.2) is 59.4 Å². The lowest BCUT2D eigenvalue weighted by atomic mass is 10.1. The van der Waals surface area contributed by atoms with E-state index in [1.807, 2.05) is 35.0 Å². The molecule has 0 amide bonds. The Morgan fingerprint density at radius 2 is 1.93 bits per heavy atom. The van der Waals surface area contributed by atoms with Crippen molar-refractivity contribution in [2.75, 3.05) is 33.8 Å². The summed E-state index contributed by atoms with van der Waals surface area (Å²) in [6.07, 6.45) is 2.06. The molecule has 29 heavy (non-hydrogen) atoms. The summed E-state index contributed by atoms with van der Waals surface area (Å²) < 4.78 is 21.0. The molecule has 152 valence electrons. The second-order valence-electron chi connectivity index (χ2n) is 7.72. The van der Waals surface area contributed by atoms with E-state index in [4.69, 9.17) is 9.84 Å². The highest BCUT2D eigenvalue weighted by Gasteiger charge is 2.23. The molecule has 1 aliphatic rings. The van der Waals surface area contributed by atoms with Crippen molar-refractivity contribution in [1.82, 2.24) is 19.6 Å². The molecule has 0 aliphatic carbocycles. The lowest BCUT2D eigenvalue weighted by Crippen LogP contribution is -2.49. The van der Waals surface area contributed by atoms with Crippen LogP contribution in [0.4, 0.5) is 4.39 Å². The first-order valence-corrected chi connectivity index (χ1v) is 9.95. The summed E-state index contributed by atoms with van der Waals surface area (Å²) in [5.74, 6) is 0.554. The van der Waals surface area contributed by atoms with Gasteiger partial charge in [0.25, 0.3) is 0 Å². The van der Waals surface area contributed by atoms with Crippen molar-refractivity contribution >= 4 is 0 Å². The molecule has 6 heteroatoms. The van der Waals surface area contributed by atoms with Crippen LogP contribution in [-0.2, 0) is 6.54 Å².